The monoisotopic (exact) mass is 254 g/mol. The van der Waals surface area contributed by atoms with Gasteiger partial charge in [-0.15, -0.1) is 0 Å². The van der Waals surface area contributed by atoms with Crippen LogP contribution in [-0.4, -0.2) is 13.3 Å². The van der Waals surface area contributed by atoms with E-state index in [1.54, 1.807) is 0 Å². The van der Waals surface area contributed by atoms with E-state index in [0.29, 0.717) is 5.92 Å². The molecule has 0 aromatic heterocycles. The molecular formula is C11H15BrN2. The molecule has 0 bridgehead atoms. The molecule has 1 aromatic carbocycles. The van der Waals surface area contributed by atoms with Gasteiger partial charge in [-0.3, -0.25) is 5.01 Å². The van der Waals surface area contributed by atoms with Crippen molar-refractivity contribution in [3.63, 3.8) is 0 Å². The van der Waals surface area contributed by atoms with E-state index in [1.165, 1.54) is 0 Å². The van der Waals surface area contributed by atoms with E-state index < -0.39 is 0 Å². The molecule has 0 amide bonds. The lowest BCUT2D eigenvalue weighted by molar-refractivity contribution is 0.623. The fourth-order valence-corrected chi connectivity index (χ4v) is 1.47. The summed E-state index contributed by atoms with van der Waals surface area (Å²) < 4.78 is 1.08. The van der Waals surface area contributed by atoms with Crippen molar-refractivity contribution in [2.45, 2.75) is 13.8 Å². The van der Waals surface area contributed by atoms with Crippen LogP contribution in [-0.2, 0) is 0 Å². The Balaban J connectivity index is 2.78. The summed E-state index contributed by atoms with van der Waals surface area (Å²) in [4.78, 5) is 0. The molecule has 0 atom stereocenters. The molecule has 0 saturated heterocycles. The number of hydrazone groups is 1. The van der Waals surface area contributed by atoms with Crippen LogP contribution in [0.4, 0.5) is 5.69 Å². The van der Waals surface area contributed by atoms with Gasteiger partial charge in [-0.25, -0.2) is 0 Å². The molecule has 2 nitrogen and oxygen atoms in total. The molecular weight excluding hydrogens is 240 g/mol. The van der Waals surface area contributed by atoms with Crippen molar-refractivity contribution in [3.05, 3.63) is 28.7 Å². The van der Waals surface area contributed by atoms with Crippen LogP contribution in [0.25, 0.3) is 0 Å². The second kappa shape index (κ2) is 5.15. The number of anilines is 1. The first-order valence-electron chi connectivity index (χ1n) is 4.63. The van der Waals surface area contributed by atoms with Crippen LogP contribution >= 0.6 is 15.9 Å². The zero-order chi connectivity index (χ0) is 10.6. The second-order valence-corrected chi connectivity index (χ2v) is 4.51. The Morgan fingerprint density at radius 3 is 2.36 bits per heavy atom. The molecule has 0 aliphatic carbocycles. The van der Waals surface area contributed by atoms with E-state index in [-0.39, 0.29) is 0 Å². The average molecular weight is 255 g/mol. The normalized spacial score (nSPS) is 10.3. The Morgan fingerprint density at radius 2 is 1.93 bits per heavy atom. The predicted octanol–water partition coefficient (Wildman–Crippen LogP) is 3.53. The minimum Gasteiger partial charge on any atom is -0.266 e. The Labute approximate surface area is 93.7 Å². The zero-order valence-corrected chi connectivity index (χ0v) is 10.2. The van der Waals surface area contributed by atoms with Gasteiger partial charge in [0.1, 0.15) is 0 Å². The van der Waals surface area contributed by atoms with Crippen molar-refractivity contribution < 1.29 is 0 Å². The van der Waals surface area contributed by atoms with Crippen LogP contribution in [0.2, 0.25) is 0 Å². The Bertz CT molecular complexity index is 293. The standard InChI is InChI=1S/C11H15BrN2/c1-9(2)8-14(13-3)11-6-4-10(12)5-7-11/h4-7,9H,3,8H2,1-2H3. The first-order valence-corrected chi connectivity index (χ1v) is 5.42. The highest BCUT2D eigenvalue weighted by Crippen LogP contribution is 2.19. The summed E-state index contributed by atoms with van der Waals surface area (Å²) in [7, 11) is 0. The van der Waals surface area contributed by atoms with Crippen molar-refractivity contribution in [3.8, 4) is 0 Å². The summed E-state index contributed by atoms with van der Waals surface area (Å²) in [6, 6.07) is 8.07. The number of rotatable bonds is 4. The predicted molar refractivity (Wildman–Crippen MR) is 65.9 cm³/mol. The molecule has 0 saturated carbocycles. The SMILES string of the molecule is C=NN(CC(C)C)c1ccc(Br)cc1. The third-order valence-corrected chi connectivity index (χ3v) is 2.36. The number of hydrogen-bond donors (Lipinski definition) is 0. The van der Waals surface area contributed by atoms with Gasteiger partial charge in [0.25, 0.3) is 0 Å². The highest BCUT2D eigenvalue weighted by atomic mass is 79.9. The van der Waals surface area contributed by atoms with Crippen molar-refractivity contribution in [1.82, 2.24) is 0 Å². The molecule has 0 radical (unpaired) electrons. The second-order valence-electron chi connectivity index (χ2n) is 3.59. The van der Waals surface area contributed by atoms with Crippen LogP contribution in [0.15, 0.2) is 33.8 Å². The average Bonchev–Trinajstić information content (AvgIpc) is 2.15. The summed E-state index contributed by atoms with van der Waals surface area (Å²) in [5.41, 5.74) is 1.08. The maximum atomic E-state index is 4.00. The lowest BCUT2D eigenvalue weighted by Crippen LogP contribution is -2.21. The number of nitrogens with zero attached hydrogens (tertiary/aromatic N) is 2. The van der Waals surface area contributed by atoms with Crippen LogP contribution in [0.3, 0.4) is 0 Å². The van der Waals surface area contributed by atoms with Crippen molar-refractivity contribution in [2.75, 3.05) is 11.6 Å². The minimum atomic E-state index is 0.573. The number of halogens is 1. The lowest BCUT2D eigenvalue weighted by atomic mass is 10.2. The Hall–Kier alpha value is -0.830. The molecule has 3 heteroatoms. The minimum absolute atomic E-state index is 0.573. The fraction of sp³-hybridized carbons (Fsp3) is 0.364. The highest BCUT2D eigenvalue weighted by molar-refractivity contribution is 9.10. The first kappa shape index (κ1) is 11.2. The third-order valence-electron chi connectivity index (χ3n) is 1.83. The van der Waals surface area contributed by atoms with E-state index in [1.807, 2.05) is 29.3 Å². The van der Waals surface area contributed by atoms with Gasteiger partial charge in [0.05, 0.1) is 5.69 Å². The molecule has 0 fully saturated rings. The first-order chi connectivity index (χ1) is 6.63. The molecule has 0 aliphatic heterocycles. The summed E-state index contributed by atoms with van der Waals surface area (Å²) >= 11 is 3.40. The zero-order valence-electron chi connectivity index (χ0n) is 8.57. The molecule has 1 rings (SSSR count). The molecule has 1 aromatic rings. The van der Waals surface area contributed by atoms with Crippen LogP contribution in [0.5, 0.6) is 0 Å². The molecule has 14 heavy (non-hydrogen) atoms. The van der Waals surface area contributed by atoms with E-state index in [2.05, 4.69) is 41.6 Å². The van der Waals surface area contributed by atoms with E-state index >= 15 is 0 Å². The largest absolute Gasteiger partial charge is 0.266 e. The highest BCUT2D eigenvalue weighted by Gasteiger charge is 2.05. The summed E-state index contributed by atoms with van der Waals surface area (Å²) in [6.07, 6.45) is 0. The van der Waals surface area contributed by atoms with Gasteiger partial charge in [-0.1, -0.05) is 29.8 Å². The van der Waals surface area contributed by atoms with E-state index in [4.69, 9.17) is 0 Å². The summed E-state index contributed by atoms with van der Waals surface area (Å²) in [5, 5.41) is 5.91. The molecule has 0 aliphatic rings. The lowest BCUT2D eigenvalue weighted by Gasteiger charge is -2.20. The van der Waals surface area contributed by atoms with Crippen molar-refractivity contribution in [2.24, 2.45) is 11.0 Å². The van der Waals surface area contributed by atoms with Gasteiger partial charge < -0.3 is 0 Å². The Morgan fingerprint density at radius 1 is 1.36 bits per heavy atom. The molecule has 0 N–H and O–H groups in total. The van der Waals surface area contributed by atoms with E-state index in [0.717, 1.165) is 16.7 Å². The van der Waals surface area contributed by atoms with Gasteiger partial charge in [-0.2, -0.15) is 5.10 Å². The van der Waals surface area contributed by atoms with Gasteiger partial charge >= 0.3 is 0 Å². The Kier molecular flexibility index (Phi) is 4.14. The van der Waals surface area contributed by atoms with Gasteiger partial charge in [0.15, 0.2) is 0 Å². The summed E-state index contributed by atoms with van der Waals surface area (Å²) in [6.45, 7) is 8.80. The van der Waals surface area contributed by atoms with Gasteiger partial charge in [-0.05, 0) is 30.2 Å². The van der Waals surface area contributed by atoms with Crippen LogP contribution in [0.1, 0.15) is 13.8 Å². The number of benzene rings is 1. The maximum Gasteiger partial charge on any atom is 0.0594 e. The molecule has 76 valence electrons. The van der Waals surface area contributed by atoms with Gasteiger partial charge in [0, 0.05) is 17.7 Å². The van der Waals surface area contributed by atoms with Gasteiger partial charge in [0.2, 0.25) is 0 Å². The third kappa shape index (κ3) is 3.14. The maximum absolute atomic E-state index is 4.00. The quantitative estimate of drug-likeness (QED) is 0.593. The molecule has 0 unspecified atom stereocenters. The molecule has 0 spiro atoms. The summed E-state index contributed by atoms with van der Waals surface area (Å²) in [5.74, 6) is 0.573. The smallest absolute Gasteiger partial charge is 0.0594 e. The fourth-order valence-electron chi connectivity index (χ4n) is 1.20. The van der Waals surface area contributed by atoms with E-state index in [9.17, 15) is 0 Å². The van der Waals surface area contributed by atoms with Crippen molar-refractivity contribution in [1.29, 1.82) is 0 Å². The topological polar surface area (TPSA) is 15.6 Å². The van der Waals surface area contributed by atoms with Crippen LogP contribution in [0, 0.1) is 5.92 Å². The number of hydrogen-bond acceptors (Lipinski definition) is 2. The molecule has 0 heterocycles. The van der Waals surface area contributed by atoms with Crippen LogP contribution < -0.4 is 5.01 Å². The van der Waals surface area contributed by atoms with Crippen molar-refractivity contribution >= 4 is 28.3 Å².